The summed E-state index contributed by atoms with van der Waals surface area (Å²) >= 11 is 16.0. The number of halogens is 3. The van der Waals surface area contributed by atoms with Crippen LogP contribution in [0.15, 0.2) is 40.9 Å². The lowest BCUT2D eigenvalue weighted by molar-refractivity contribution is 0.338. The van der Waals surface area contributed by atoms with E-state index in [1.54, 1.807) is 6.07 Å². The molecule has 0 fully saturated rings. The fourth-order valence-electron chi connectivity index (χ4n) is 2.21. The van der Waals surface area contributed by atoms with Gasteiger partial charge in [0.1, 0.15) is 5.75 Å². The summed E-state index contributed by atoms with van der Waals surface area (Å²) in [6.45, 7) is 2.59. The molecule has 0 saturated carbocycles. The molecule has 0 amide bonds. The van der Waals surface area contributed by atoms with Gasteiger partial charge in [-0.05, 0) is 59.2 Å². The molecule has 0 aromatic heterocycles. The average Bonchev–Trinajstić information content (AvgIpc) is 2.47. The van der Waals surface area contributed by atoms with Crippen LogP contribution < -0.4 is 10.1 Å². The number of hydrogen-bond donors (Lipinski definition) is 1. The minimum atomic E-state index is -0.0387. The van der Waals surface area contributed by atoms with E-state index in [0.717, 1.165) is 21.3 Å². The summed E-state index contributed by atoms with van der Waals surface area (Å²) in [6, 6.07) is 11.6. The zero-order valence-electron chi connectivity index (χ0n) is 11.8. The van der Waals surface area contributed by atoms with Gasteiger partial charge in [-0.2, -0.15) is 0 Å². The van der Waals surface area contributed by atoms with E-state index in [4.69, 9.17) is 27.9 Å². The molecular weight excluding hydrogens is 373 g/mol. The van der Waals surface area contributed by atoms with Gasteiger partial charge in [0, 0.05) is 0 Å². The maximum Gasteiger partial charge on any atom is 0.133 e. The van der Waals surface area contributed by atoms with Crippen molar-refractivity contribution in [2.45, 2.75) is 13.0 Å². The largest absolute Gasteiger partial charge is 0.493 e. The van der Waals surface area contributed by atoms with Crippen LogP contribution in [0.3, 0.4) is 0 Å². The van der Waals surface area contributed by atoms with Crippen molar-refractivity contribution in [2.75, 3.05) is 13.7 Å². The Kier molecular flexibility index (Phi) is 5.94. The molecule has 1 N–H and O–H groups in total. The first kappa shape index (κ1) is 16.6. The van der Waals surface area contributed by atoms with Crippen LogP contribution in [0, 0.1) is 0 Å². The van der Waals surface area contributed by atoms with Crippen LogP contribution in [0.2, 0.25) is 10.0 Å². The molecule has 2 aromatic carbocycles. The van der Waals surface area contributed by atoms with Gasteiger partial charge in [-0.25, -0.2) is 0 Å². The summed E-state index contributed by atoms with van der Waals surface area (Å²) in [4.78, 5) is 0. The third-order valence-corrected chi connectivity index (χ3v) is 4.62. The van der Waals surface area contributed by atoms with Crippen molar-refractivity contribution in [3.8, 4) is 5.75 Å². The predicted molar refractivity (Wildman–Crippen MR) is 92.7 cm³/mol. The number of nitrogens with one attached hydrogen (secondary N) is 1. The summed E-state index contributed by atoms with van der Waals surface area (Å²) in [6.07, 6.45) is 0. The number of ether oxygens (including phenoxy) is 1. The van der Waals surface area contributed by atoms with Crippen LogP contribution in [0.1, 0.15) is 24.1 Å². The van der Waals surface area contributed by atoms with E-state index in [9.17, 15) is 0 Å². The standard InChI is InChI=1S/C16H16BrCl2NO/c1-3-21-14-8-7-10(9-12(14)17)16(20-2)11-5-4-6-13(18)15(11)19/h4-9,16,20H,3H2,1-2H3. The van der Waals surface area contributed by atoms with Crippen molar-refractivity contribution in [3.63, 3.8) is 0 Å². The third-order valence-electron chi connectivity index (χ3n) is 3.17. The van der Waals surface area contributed by atoms with Crippen molar-refractivity contribution in [3.05, 3.63) is 62.0 Å². The van der Waals surface area contributed by atoms with Crippen molar-refractivity contribution in [2.24, 2.45) is 0 Å². The average molecular weight is 389 g/mol. The second kappa shape index (κ2) is 7.50. The Morgan fingerprint density at radius 1 is 1.24 bits per heavy atom. The monoisotopic (exact) mass is 387 g/mol. The van der Waals surface area contributed by atoms with Crippen LogP contribution >= 0.6 is 39.1 Å². The molecular formula is C16H16BrCl2NO. The third kappa shape index (κ3) is 3.72. The molecule has 112 valence electrons. The Balaban J connectivity index is 2.42. The molecule has 2 nitrogen and oxygen atoms in total. The van der Waals surface area contributed by atoms with Crippen LogP contribution in [0.5, 0.6) is 5.75 Å². The Morgan fingerprint density at radius 2 is 2.00 bits per heavy atom. The molecule has 2 aromatic rings. The van der Waals surface area contributed by atoms with E-state index in [-0.39, 0.29) is 6.04 Å². The zero-order chi connectivity index (χ0) is 15.4. The van der Waals surface area contributed by atoms with E-state index in [1.165, 1.54) is 0 Å². The van der Waals surface area contributed by atoms with Crippen LogP contribution in [0.4, 0.5) is 0 Å². The van der Waals surface area contributed by atoms with Gasteiger partial charge in [0.2, 0.25) is 0 Å². The molecule has 21 heavy (non-hydrogen) atoms. The Hall–Kier alpha value is -0.740. The van der Waals surface area contributed by atoms with Gasteiger partial charge in [-0.3, -0.25) is 0 Å². The second-order valence-corrected chi connectivity index (χ2v) is 6.13. The fourth-order valence-corrected chi connectivity index (χ4v) is 3.14. The lowest BCUT2D eigenvalue weighted by Crippen LogP contribution is -2.18. The van der Waals surface area contributed by atoms with Gasteiger partial charge < -0.3 is 10.1 Å². The van der Waals surface area contributed by atoms with E-state index in [0.29, 0.717) is 16.7 Å². The second-order valence-electron chi connectivity index (χ2n) is 4.49. The highest BCUT2D eigenvalue weighted by molar-refractivity contribution is 9.10. The highest BCUT2D eigenvalue weighted by Crippen LogP contribution is 2.35. The van der Waals surface area contributed by atoms with Crippen molar-refractivity contribution in [1.82, 2.24) is 5.32 Å². The summed E-state index contributed by atoms with van der Waals surface area (Å²) in [7, 11) is 1.90. The lowest BCUT2D eigenvalue weighted by atomic mass is 9.98. The van der Waals surface area contributed by atoms with E-state index >= 15 is 0 Å². The number of hydrogen-bond acceptors (Lipinski definition) is 2. The van der Waals surface area contributed by atoms with E-state index < -0.39 is 0 Å². The van der Waals surface area contributed by atoms with Gasteiger partial charge in [0.25, 0.3) is 0 Å². The summed E-state index contributed by atoms with van der Waals surface area (Å²) in [5.74, 6) is 0.827. The van der Waals surface area contributed by atoms with Gasteiger partial charge in [-0.15, -0.1) is 0 Å². The fraction of sp³-hybridized carbons (Fsp3) is 0.250. The van der Waals surface area contributed by atoms with Crippen LogP contribution in [-0.4, -0.2) is 13.7 Å². The minimum absolute atomic E-state index is 0.0387. The number of rotatable bonds is 5. The molecule has 1 unspecified atom stereocenters. The molecule has 0 aliphatic rings. The van der Waals surface area contributed by atoms with Crippen LogP contribution in [0.25, 0.3) is 0 Å². The molecule has 0 heterocycles. The first-order valence-corrected chi connectivity index (χ1v) is 8.16. The quantitative estimate of drug-likeness (QED) is 0.733. The van der Waals surface area contributed by atoms with E-state index in [2.05, 4.69) is 21.2 Å². The molecule has 0 saturated heterocycles. The molecule has 0 radical (unpaired) electrons. The first-order chi connectivity index (χ1) is 10.1. The Labute approximate surface area is 143 Å². The maximum atomic E-state index is 6.33. The molecule has 0 bridgehead atoms. The van der Waals surface area contributed by atoms with Crippen LogP contribution in [-0.2, 0) is 0 Å². The molecule has 0 aliphatic carbocycles. The number of benzene rings is 2. The van der Waals surface area contributed by atoms with E-state index in [1.807, 2.05) is 44.3 Å². The highest BCUT2D eigenvalue weighted by Gasteiger charge is 2.17. The topological polar surface area (TPSA) is 21.3 Å². The van der Waals surface area contributed by atoms with Gasteiger partial charge >= 0.3 is 0 Å². The summed E-state index contributed by atoms with van der Waals surface area (Å²) in [5.41, 5.74) is 2.03. The highest BCUT2D eigenvalue weighted by atomic mass is 79.9. The van der Waals surface area contributed by atoms with Gasteiger partial charge in [0.15, 0.2) is 0 Å². The van der Waals surface area contributed by atoms with Gasteiger partial charge in [-0.1, -0.05) is 41.4 Å². The summed E-state index contributed by atoms with van der Waals surface area (Å²) < 4.78 is 6.46. The normalized spacial score (nSPS) is 12.2. The predicted octanol–water partition coefficient (Wildman–Crippen LogP) is 5.46. The molecule has 1 atom stereocenters. The maximum absolute atomic E-state index is 6.33. The van der Waals surface area contributed by atoms with Crippen molar-refractivity contribution >= 4 is 39.1 Å². The lowest BCUT2D eigenvalue weighted by Gasteiger charge is -2.20. The Morgan fingerprint density at radius 3 is 2.62 bits per heavy atom. The smallest absolute Gasteiger partial charge is 0.133 e. The van der Waals surface area contributed by atoms with Crippen molar-refractivity contribution in [1.29, 1.82) is 0 Å². The first-order valence-electron chi connectivity index (χ1n) is 6.61. The molecule has 2 rings (SSSR count). The zero-order valence-corrected chi connectivity index (χ0v) is 14.9. The minimum Gasteiger partial charge on any atom is -0.493 e. The summed E-state index contributed by atoms with van der Waals surface area (Å²) in [5, 5.41) is 4.40. The Bertz CT molecular complexity index is 634. The molecule has 5 heteroatoms. The SMILES string of the molecule is CCOc1ccc(C(NC)c2cccc(Cl)c2Cl)cc1Br. The van der Waals surface area contributed by atoms with Gasteiger partial charge in [0.05, 0.1) is 27.2 Å². The van der Waals surface area contributed by atoms with Crippen molar-refractivity contribution < 1.29 is 4.74 Å². The molecule has 0 spiro atoms. The molecule has 0 aliphatic heterocycles.